The Kier molecular flexibility index (Phi) is 5.41. The number of likely N-dealkylation sites (N-methyl/N-ethyl adjacent to an activating group) is 1. The van der Waals surface area contributed by atoms with E-state index in [1.807, 2.05) is 12.1 Å². The van der Waals surface area contributed by atoms with Crippen molar-refractivity contribution in [1.82, 2.24) is 4.90 Å². The Morgan fingerprint density at radius 3 is 2.50 bits per heavy atom. The first-order chi connectivity index (χ1) is 9.65. The monoisotopic (exact) mass is 276 g/mol. The first-order valence-electron chi connectivity index (χ1n) is 7.26. The zero-order valence-electron chi connectivity index (χ0n) is 12.4. The van der Waals surface area contributed by atoms with Crippen LogP contribution < -0.4 is 5.32 Å². The molecule has 0 saturated carbocycles. The van der Waals surface area contributed by atoms with Gasteiger partial charge >= 0.3 is 0 Å². The Bertz CT molecular complexity index is 423. The van der Waals surface area contributed by atoms with Crippen molar-refractivity contribution in [2.45, 2.75) is 19.3 Å². The van der Waals surface area contributed by atoms with Crippen LogP contribution in [0.3, 0.4) is 0 Å². The van der Waals surface area contributed by atoms with E-state index >= 15 is 0 Å². The minimum atomic E-state index is 0.132. The van der Waals surface area contributed by atoms with Gasteiger partial charge in [-0.25, -0.2) is 0 Å². The molecule has 1 aromatic carbocycles. The van der Waals surface area contributed by atoms with Gasteiger partial charge in [-0.15, -0.1) is 0 Å². The molecule has 1 aliphatic rings. The molecular formula is C16H24N2O2. The van der Waals surface area contributed by atoms with Crippen LogP contribution in [0.5, 0.6) is 0 Å². The van der Waals surface area contributed by atoms with Gasteiger partial charge in [0.2, 0.25) is 5.91 Å². The van der Waals surface area contributed by atoms with Crippen LogP contribution in [-0.2, 0) is 16.0 Å². The third kappa shape index (κ3) is 4.53. The van der Waals surface area contributed by atoms with Crippen LogP contribution in [-0.4, -0.2) is 44.7 Å². The molecule has 1 heterocycles. The second-order valence-corrected chi connectivity index (χ2v) is 5.60. The zero-order valence-corrected chi connectivity index (χ0v) is 12.4. The number of carbonyl (C=O) groups excluding carboxylic acids is 1. The number of hydrogen-bond acceptors (Lipinski definition) is 3. The molecule has 0 atom stereocenters. The van der Waals surface area contributed by atoms with E-state index in [9.17, 15) is 4.79 Å². The number of amides is 1. The molecule has 0 spiro atoms. The van der Waals surface area contributed by atoms with Gasteiger partial charge < -0.3 is 15.0 Å². The summed E-state index contributed by atoms with van der Waals surface area (Å²) in [5.41, 5.74) is 2.18. The summed E-state index contributed by atoms with van der Waals surface area (Å²) >= 11 is 0. The normalized spacial score (nSPS) is 15.9. The molecule has 0 unspecified atom stereocenters. The third-order valence-corrected chi connectivity index (χ3v) is 3.74. The number of ether oxygens (including phenoxy) is 1. The second-order valence-electron chi connectivity index (χ2n) is 5.60. The van der Waals surface area contributed by atoms with Crippen LogP contribution in [0.4, 0.5) is 5.69 Å². The molecule has 1 aliphatic heterocycles. The van der Waals surface area contributed by atoms with E-state index in [0.717, 1.165) is 43.9 Å². The van der Waals surface area contributed by atoms with Crippen molar-refractivity contribution in [3.8, 4) is 0 Å². The molecule has 1 saturated heterocycles. The van der Waals surface area contributed by atoms with Gasteiger partial charge in [0.15, 0.2) is 0 Å². The molecule has 0 aromatic heterocycles. The summed E-state index contributed by atoms with van der Waals surface area (Å²) in [6, 6.07) is 8.15. The number of carbonyl (C=O) groups is 1. The Labute approximate surface area is 121 Å². The lowest BCUT2D eigenvalue weighted by atomic mass is 10.0. The van der Waals surface area contributed by atoms with Crippen molar-refractivity contribution in [2.24, 2.45) is 5.92 Å². The highest BCUT2D eigenvalue weighted by atomic mass is 16.5. The van der Waals surface area contributed by atoms with Crippen LogP contribution >= 0.6 is 0 Å². The van der Waals surface area contributed by atoms with Gasteiger partial charge in [0.1, 0.15) is 0 Å². The highest BCUT2D eigenvalue weighted by Gasteiger charge is 2.13. The second kappa shape index (κ2) is 7.29. The molecule has 4 nitrogen and oxygen atoms in total. The minimum absolute atomic E-state index is 0.132. The number of hydrogen-bond donors (Lipinski definition) is 1. The van der Waals surface area contributed by atoms with E-state index in [-0.39, 0.29) is 5.91 Å². The predicted molar refractivity (Wildman–Crippen MR) is 80.9 cm³/mol. The summed E-state index contributed by atoms with van der Waals surface area (Å²) in [6.07, 6.45) is 2.75. The molecule has 0 radical (unpaired) electrons. The predicted octanol–water partition coefficient (Wildman–Crippen LogP) is 2.16. The van der Waals surface area contributed by atoms with Crippen LogP contribution in [0.2, 0.25) is 0 Å². The van der Waals surface area contributed by atoms with Gasteiger partial charge in [0.25, 0.3) is 0 Å². The van der Waals surface area contributed by atoms with Crippen molar-refractivity contribution in [3.63, 3.8) is 0 Å². The molecule has 1 fully saturated rings. The maximum Gasteiger partial charge on any atom is 0.226 e. The van der Waals surface area contributed by atoms with E-state index in [4.69, 9.17) is 4.74 Å². The average molecular weight is 276 g/mol. The largest absolute Gasteiger partial charge is 0.385 e. The first kappa shape index (κ1) is 14.9. The average Bonchev–Trinajstić information content (AvgIpc) is 2.47. The molecule has 1 N–H and O–H groups in total. The maximum absolute atomic E-state index is 11.6. The number of benzene rings is 1. The summed E-state index contributed by atoms with van der Waals surface area (Å²) in [4.78, 5) is 13.3. The molecule has 1 aromatic rings. The standard InChI is InChI=1S/C16H24N2O2/c1-18(2)16(19)11-13-3-5-15(6-4-13)17-12-14-7-9-20-10-8-14/h3-6,14,17H,7-12H2,1-2H3. The Morgan fingerprint density at radius 1 is 1.25 bits per heavy atom. The van der Waals surface area contributed by atoms with Gasteiger partial charge in [-0.2, -0.15) is 0 Å². The number of anilines is 1. The fraction of sp³-hybridized carbons (Fsp3) is 0.562. The summed E-state index contributed by atoms with van der Waals surface area (Å²) in [7, 11) is 3.57. The topological polar surface area (TPSA) is 41.6 Å². The van der Waals surface area contributed by atoms with Crippen LogP contribution in [0.25, 0.3) is 0 Å². The van der Waals surface area contributed by atoms with E-state index in [1.165, 1.54) is 0 Å². The quantitative estimate of drug-likeness (QED) is 0.896. The lowest BCUT2D eigenvalue weighted by Gasteiger charge is -2.22. The van der Waals surface area contributed by atoms with E-state index in [0.29, 0.717) is 12.3 Å². The van der Waals surface area contributed by atoms with E-state index < -0.39 is 0 Å². The summed E-state index contributed by atoms with van der Waals surface area (Å²) < 4.78 is 5.36. The van der Waals surface area contributed by atoms with Crippen LogP contribution in [0.15, 0.2) is 24.3 Å². The van der Waals surface area contributed by atoms with Crippen molar-refractivity contribution < 1.29 is 9.53 Å². The van der Waals surface area contributed by atoms with Gasteiger partial charge in [0, 0.05) is 39.5 Å². The minimum Gasteiger partial charge on any atom is -0.385 e. The molecular weight excluding hydrogens is 252 g/mol. The number of nitrogens with zero attached hydrogens (tertiary/aromatic N) is 1. The Morgan fingerprint density at radius 2 is 1.90 bits per heavy atom. The lowest BCUT2D eigenvalue weighted by Crippen LogP contribution is -2.23. The zero-order chi connectivity index (χ0) is 14.4. The van der Waals surface area contributed by atoms with Crippen molar-refractivity contribution >= 4 is 11.6 Å². The molecule has 2 rings (SSSR count). The molecule has 0 aliphatic carbocycles. The highest BCUT2D eigenvalue weighted by molar-refractivity contribution is 5.78. The molecule has 4 heteroatoms. The van der Waals surface area contributed by atoms with Crippen molar-refractivity contribution in [1.29, 1.82) is 0 Å². The van der Waals surface area contributed by atoms with Crippen LogP contribution in [0, 0.1) is 5.92 Å². The molecule has 20 heavy (non-hydrogen) atoms. The fourth-order valence-electron chi connectivity index (χ4n) is 2.29. The summed E-state index contributed by atoms with van der Waals surface area (Å²) in [6.45, 7) is 2.77. The summed E-state index contributed by atoms with van der Waals surface area (Å²) in [5.74, 6) is 0.840. The molecule has 110 valence electrons. The lowest BCUT2D eigenvalue weighted by molar-refractivity contribution is -0.127. The van der Waals surface area contributed by atoms with E-state index in [1.54, 1.807) is 19.0 Å². The fourth-order valence-corrected chi connectivity index (χ4v) is 2.29. The molecule has 0 bridgehead atoms. The van der Waals surface area contributed by atoms with Crippen LogP contribution in [0.1, 0.15) is 18.4 Å². The van der Waals surface area contributed by atoms with Gasteiger partial charge in [-0.1, -0.05) is 12.1 Å². The van der Waals surface area contributed by atoms with Gasteiger partial charge in [-0.3, -0.25) is 4.79 Å². The first-order valence-corrected chi connectivity index (χ1v) is 7.26. The van der Waals surface area contributed by atoms with Gasteiger partial charge in [-0.05, 0) is 36.5 Å². The third-order valence-electron chi connectivity index (χ3n) is 3.74. The number of nitrogens with one attached hydrogen (secondary N) is 1. The number of rotatable bonds is 5. The van der Waals surface area contributed by atoms with Crippen molar-refractivity contribution in [2.75, 3.05) is 39.2 Å². The summed E-state index contributed by atoms with van der Waals surface area (Å²) in [5, 5.41) is 3.47. The SMILES string of the molecule is CN(C)C(=O)Cc1ccc(NCC2CCOCC2)cc1. The Balaban J connectivity index is 1.80. The highest BCUT2D eigenvalue weighted by Crippen LogP contribution is 2.17. The maximum atomic E-state index is 11.6. The Hall–Kier alpha value is -1.55. The van der Waals surface area contributed by atoms with E-state index in [2.05, 4.69) is 17.4 Å². The van der Waals surface area contributed by atoms with Crippen molar-refractivity contribution in [3.05, 3.63) is 29.8 Å². The molecule has 1 amide bonds. The van der Waals surface area contributed by atoms with Gasteiger partial charge in [0.05, 0.1) is 6.42 Å². The smallest absolute Gasteiger partial charge is 0.226 e.